The van der Waals surface area contributed by atoms with Crippen LogP contribution in [0.4, 0.5) is 23.2 Å². The largest absolute Gasteiger partial charge is 0.419 e. The molecule has 0 radical (unpaired) electrons. The van der Waals surface area contributed by atoms with Gasteiger partial charge in [-0.1, -0.05) is 29.8 Å². The summed E-state index contributed by atoms with van der Waals surface area (Å²) in [5.74, 6) is -1.28. The van der Waals surface area contributed by atoms with Crippen LogP contribution in [0.25, 0.3) is 0 Å². The van der Waals surface area contributed by atoms with Crippen LogP contribution in [-0.2, 0) is 12.7 Å². The number of anilines is 1. The Kier molecular flexibility index (Phi) is 4.18. The monoisotopic (exact) mass is 303 g/mol. The van der Waals surface area contributed by atoms with Gasteiger partial charge in [0, 0.05) is 6.54 Å². The van der Waals surface area contributed by atoms with E-state index < -0.39 is 17.6 Å². The van der Waals surface area contributed by atoms with Crippen LogP contribution in [-0.4, -0.2) is 0 Å². The van der Waals surface area contributed by atoms with E-state index in [1.165, 1.54) is 6.07 Å². The molecule has 1 N–H and O–H groups in total. The summed E-state index contributed by atoms with van der Waals surface area (Å²) in [4.78, 5) is 0. The van der Waals surface area contributed by atoms with E-state index in [-0.39, 0.29) is 6.54 Å². The molecule has 2 aromatic carbocycles. The van der Waals surface area contributed by atoms with Crippen molar-refractivity contribution in [2.45, 2.75) is 12.7 Å². The number of hydrogen-bond acceptors (Lipinski definition) is 1. The molecular weight excluding hydrogens is 294 g/mol. The van der Waals surface area contributed by atoms with Crippen molar-refractivity contribution in [3.05, 3.63) is 64.4 Å². The van der Waals surface area contributed by atoms with E-state index in [4.69, 9.17) is 11.6 Å². The highest BCUT2D eigenvalue weighted by Crippen LogP contribution is 2.32. The van der Waals surface area contributed by atoms with E-state index in [0.717, 1.165) is 12.1 Å². The summed E-state index contributed by atoms with van der Waals surface area (Å²) in [5, 5.41) is 3.37. The van der Waals surface area contributed by atoms with Crippen molar-refractivity contribution in [3.63, 3.8) is 0 Å². The SMILES string of the molecule is Fc1ccc(CNc2ccccc2Cl)cc1C(F)(F)F. The van der Waals surface area contributed by atoms with Gasteiger partial charge in [-0.3, -0.25) is 0 Å². The lowest BCUT2D eigenvalue weighted by Crippen LogP contribution is -2.10. The summed E-state index contributed by atoms with van der Waals surface area (Å²) in [7, 11) is 0. The minimum absolute atomic E-state index is 0.118. The lowest BCUT2D eigenvalue weighted by molar-refractivity contribution is -0.140. The number of rotatable bonds is 3. The first-order chi connectivity index (χ1) is 9.38. The Balaban J connectivity index is 2.17. The zero-order valence-corrected chi connectivity index (χ0v) is 10.9. The zero-order valence-electron chi connectivity index (χ0n) is 10.1. The quantitative estimate of drug-likeness (QED) is 0.777. The van der Waals surface area contributed by atoms with Crippen molar-refractivity contribution in [2.75, 3.05) is 5.32 Å². The number of nitrogens with one attached hydrogen (secondary N) is 1. The fourth-order valence-corrected chi connectivity index (χ4v) is 1.90. The summed E-state index contributed by atoms with van der Waals surface area (Å²) >= 11 is 5.92. The van der Waals surface area contributed by atoms with Gasteiger partial charge in [-0.2, -0.15) is 13.2 Å². The summed E-state index contributed by atoms with van der Waals surface area (Å²) in [6, 6.07) is 9.76. The molecule has 0 aliphatic rings. The van der Waals surface area contributed by atoms with Gasteiger partial charge in [-0.15, -0.1) is 0 Å². The van der Waals surface area contributed by atoms with Crippen molar-refractivity contribution in [2.24, 2.45) is 0 Å². The van der Waals surface area contributed by atoms with Gasteiger partial charge < -0.3 is 5.32 Å². The Morgan fingerprint density at radius 2 is 1.75 bits per heavy atom. The molecule has 0 aliphatic carbocycles. The average molecular weight is 304 g/mol. The van der Waals surface area contributed by atoms with Crippen LogP contribution in [0.15, 0.2) is 42.5 Å². The van der Waals surface area contributed by atoms with E-state index in [1.54, 1.807) is 24.3 Å². The van der Waals surface area contributed by atoms with E-state index >= 15 is 0 Å². The molecule has 2 rings (SSSR count). The average Bonchev–Trinajstić information content (AvgIpc) is 2.38. The minimum Gasteiger partial charge on any atom is -0.380 e. The Bertz CT molecular complexity index is 610. The molecule has 0 heterocycles. The molecule has 0 amide bonds. The summed E-state index contributed by atoms with van der Waals surface area (Å²) in [6.07, 6.45) is -4.70. The molecule has 0 fully saturated rings. The molecule has 0 spiro atoms. The van der Waals surface area contributed by atoms with Crippen LogP contribution >= 0.6 is 11.6 Å². The normalized spacial score (nSPS) is 11.4. The predicted octanol–water partition coefficient (Wildman–Crippen LogP) is 5.11. The third-order valence-corrected chi connectivity index (χ3v) is 3.02. The van der Waals surface area contributed by atoms with Crippen molar-refractivity contribution >= 4 is 17.3 Å². The third kappa shape index (κ3) is 3.42. The second-order valence-electron chi connectivity index (χ2n) is 4.15. The smallest absolute Gasteiger partial charge is 0.380 e. The maximum Gasteiger partial charge on any atom is 0.419 e. The highest BCUT2D eigenvalue weighted by atomic mass is 35.5. The topological polar surface area (TPSA) is 12.0 Å². The van der Waals surface area contributed by atoms with Gasteiger partial charge in [-0.25, -0.2) is 4.39 Å². The summed E-state index contributed by atoms with van der Waals surface area (Å²) in [6.45, 7) is 0.118. The van der Waals surface area contributed by atoms with Gasteiger partial charge in [0.15, 0.2) is 0 Å². The molecule has 20 heavy (non-hydrogen) atoms. The Morgan fingerprint density at radius 1 is 1.05 bits per heavy atom. The molecule has 0 unspecified atom stereocenters. The molecular formula is C14H10ClF4N. The molecule has 6 heteroatoms. The fraction of sp³-hybridized carbons (Fsp3) is 0.143. The van der Waals surface area contributed by atoms with Gasteiger partial charge in [-0.05, 0) is 29.8 Å². The van der Waals surface area contributed by atoms with Crippen LogP contribution in [0.3, 0.4) is 0 Å². The second kappa shape index (κ2) is 5.71. The Labute approximate surface area is 118 Å². The summed E-state index contributed by atoms with van der Waals surface area (Å²) in [5.41, 5.74) is -0.346. The van der Waals surface area contributed by atoms with E-state index in [0.29, 0.717) is 16.3 Å². The molecule has 0 atom stereocenters. The number of halogens is 5. The lowest BCUT2D eigenvalue weighted by Gasteiger charge is -2.12. The van der Waals surface area contributed by atoms with Gasteiger partial charge in [0.25, 0.3) is 0 Å². The van der Waals surface area contributed by atoms with Crippen LogP contribution < -0.4 is 5.32 Å². The zero-order chi connectivity index (χ0) is 14.8. The van der Waals surface area contributed by atoms with Crippen molar-refractivity contribution in [1.82, 2.24) is 0 Å². The first kappa shape index (κ1) is 14.7. The molecule has 0 aliphatic heterocycles. The van der Waals surface area contributed by atoms with Crippen molar-refractivity contribution < 1.29 is 17.6 Å². The van der Waals surface area contributed by atoms with Crippen LogP contribution in [0.5, 0.6) is 0 Å². The highest BCUT2D eigenvalue weighted by Gasteiger charge is 2.34. The van der Waals surface area contributed by atoms with Crippen LogP contribution in [0.2, 0.25) is 5.02 Å². The molecule has 0 saturated heterocycles. The molecule has 0 bridgehead atoms. The number of hydrogen-bond donors (Lipinski definition) is 1. The van der Waals surface area contributed by atoms with Crippen LogP contribution in [0, 0.1) is 5.82 Å². The van der Waals surface area contributed by atoms with Gasteiger partial charge in [0.05, 0.1) is 16.3 Å². The summed E-state index contributed by atoms with van der Waals surface area (Å²) < 4.78 is 50.9. The first-order valence-electron chi connectivity index (χ1n) is 5.72. The maximum absolute atomic E-state index is 13.1. The highest BCUT2D eigenvalue weighted by molar-refractivity contribution is 6.33. The second-order valence-corrected chi connectivity index (χ2v) is 4.55. The maximum atomic E-state index is 13.1. The minimum atomic E-state index is -4.70. The van der Waals surface area contributed by atoms with Gasteiger partial charge >= 0.3 is 6.18 Å². The Morgan fingerprint density at radius 3 is 2.40 bits per heavy atom. The van der Waals surface area contributed by atoms with E-state index in [2.05, 4.69) is 5.32 Å². The van der Waals surface area contributed by atoms with E-state index in [9.17, 15) is 17.6 Å². The predicted molar refractivity (Wildman–Crippen MR) is 70.2 cm³/mol. The third-order valence-electron chi connectivity index (χ3n) is 2.69. The van der Waals surface area contributed by atoms with Crippen molar-refractivity contribution in [1.29, 1.82) is 0 Å². The molecule has 1 nitrogen and oxygen atoms in total. The number of benzene rings is 2. The molecule has 106 valence electrons. The first-order valence-corrected chi connectivity index (χ1v) is 6.10. The molecule has 2 aromatic rings. The lowest BCUT2D eigenvalue weighted by atomic mass is 10.1. The van der Waals surface area contributed by atoms with E-state index in [1.807, 2.05) is 0 Å². The van der Waals surface area contributed by atoms with Crippen molar-refractivity contribution in [3.8, 4) is 0 Å². The number of para-hydroxylation sites is 1. The molecule has 0 saturated carbocycles. The van der Waals surface area contributed by atoms with Gasteiger partial charge in [0.2, 0.25) is 0 Å². The molecule has 0 aromatic heterocycles. The fourth-order valence-electron chi connectivity index (χ4n) is 1.70. The van der Waals surface area contributed by atoms with Crippen LogP contribution in [0.1, 0.15) is 11.1 Å². The standard InChI is InChI=1S/C14H10ClF4N/c15-11-3-1-2-4-13(11)20-8-9-5-6-12(16)10(7-9)14(17,18)19/h1-7,20H,8H2. The Hall–Kier alpha value is -1.75. The number of alkyl halides is 3. The van der Waals surface area contributed by atoms with Gasteiger partial charge in [0.1, 0.15) is 5.82 Å².